The average molecular weight is 367 g/mol. The molecule has 27 heavy (non-hydrogen) atoms. The topological polar surface area (TPSA) is 80.2 Å². The lowest BCUT2D eigenvalue weighted by molar-refractivity contribution is -0.122. The third-order valence-electron chi connectivity index (χ3n) is 4.98. The van der Waals surface area contributed by atoms with Gasteiger partial charge in [-0.25, -0.2) is 0 Å². The summed E-state index contributed by atoms with van der Waals surface area (Å²) in [4.78, 5) is 37.4. The number of rotatable bonds is 5. The van der Waals surface area contributed by atoms with Crippen LogP contribution in [0.5, 0.6) is 0 Å². The average Bonchev–Trinajstić information content (AvgIpc) is 3.14. The van der Waals surface area contributed by atoms with Crippen LogP contribution in [0.4, 0.5) is 5.69 Å². The molecule has 0 bridgehead atoms. The van der Waals surface area contributed by atoms with E-state index in [1.165, 1.54) is 4.57 Å². The monoisotopic (exact) mass is 367 g/mol. The maximum Gasteiger partial charge on any atom is 0.274 e. The molecule has 0 radical (unpaired) electrons. The van der Waals surface area contributed by atoms with Crippen molar-refractivity contribution in [2.75, 3.05) is 5.32 Å². The van der Waals surface area contributed by atoms with Gasteiger partial charge in [-0.05, 0) is 51.0 Å². The molecule has 1 aromatic heterocycles. The molecule has 2 N–H and O–H groups in total. The van der Waals surface area contributed by atoms with Crippen molar-refractivity contribution < 1.29 is 9.59 Å². The number of anilines is 1. The van der Waals surface area contributed by atoms with Gasteiger partial charge in [0.05, 0.1) is 0 Å². The van der Waals surface area contributed by atoms with Crippen LogP contribution >= 0.6 is 0 Å². The van der Waals surface area contributed by atoms with Crippen molar-refractivity contribution in [2.45, 2.75) is 52.1 Å². The highest BCUT2D eigenvalue weighted by atomic mass is 16.2. The number of nitrogens with zero attached hydrogens (tertiary/aromatic N) is 1. The highest BCUT2D eigenvalue weighted by Crippen LogP contribution is 2.17. The van der Waals surface area contributed by atoms with Crippen LogP contribution in [0.1, 0.15) is 47.3 Å². The van der Waals surface area contributed by atoms with Gasteiger partial charge < -0.3 is 15.2 Å². The van der Waals surface area contributed by atoms with Gasteiger partial charge >= 0.3 is 0 Å². The number of nitrogens with one attached hydrogen (secondary N) is 2. The van der Waals surface area contributed by atoms with Gasteiger partial charge in [0.2, 0.25) is 5.91 Å². The largest absolute Gasteiger partial charge is 0.352 e. The van der Waals surface area contributed by atoms with E-state index in [1.54, 1.807) is 31.2 Å². The van der Waals surface area contributed by atoms with E-state index in [-0.39, 0.29) is 35.6 Å². The Labute approximate surface area is 158 Å². The molecule has 1 fully saturated rings. The molecule has 1 heterocycles. The van der Waals surface area contributed by atoms with E-state index in [0.29, 0.717) is 11.3 Å². The smallest absolute Gasteiger partial charge is 0.274 e. The third-order valence-corrected chi connectivity index (χ3v) is 4.98. The highest BCUT2D eigenvalue weighted by molar-refractivity contribution is 6.04. The molecule has 0 unspecified atom stereocenters. The van der Waals surface area contributed by atoms with Gasteiger partial charge in [-0.3, -0.25) is 14.4 Å². The van der Waals surface area contributed by atoms with E-state index in [1.807, 2.05) is 19.1 Å². The van der Waals surface area contributed by atoms with Crippen LogP contribution in [0, 0.1) is 13.8 Å². The van der Waals surface area contributed by atoms with Gasteiger partial charge in [-0.1, -0.05) is 30.5 Å². The van der Waals surface area contributed by atoms with Crippen molar-refractivity contribution >= 4 is 17.5 Å². The number of aromatic nitrogens is 1. The zero-order valence-electron chi connectivity index (χ0n) is 15.7. The number of benzene rings is 1. The first-order valence-electron chi connectivity index (χ1n) is 9.32. The Bertz CT molecular complexity index is 894. The second-order valence-electron chi connectivity index (χ2n) is 7.15. The fraction of sp³-hybridized carbons (Fsp3) is 0.381. The maximum atomic E-state index is 12.8. The minimum atomic E-state index is -0.378. The summed E-state index contributed by atoms with van der Waals surface area (Å²) in [7, 11) is 0. The normalized spacial score (nSPS) is 14.1. The lowest BCUT2D eigenvalue weighted by atomic mass is 10.1. The fourth-order valence-electron chi connectivity index (χ4n) is 3.35. The first kappa shape index (κ1) is 18.9. The summed E-state index contributed by atoms with van der Waals surface area (Å²) < 4.78 is 1.40. The third kappa shape index (κ3) is 4.64. The molecule has 0 saturated heterocycles. The molecular weight excluding hydrogens is 342 g/mol. The molecule has 1 saturated carbocycles. The Hall–Kier alpha value is -2.89. The van der Waals surface area contributed by atoms with Crippen LogP contribution in [0.2, 0.25) is 0 Å². The molecule has 6 nitrogen and oxygen atoms in total. The van der Waals surface area contributed by atoms with Crippen molar-refractivity contribution in [3.8, 4) is 0 Å². The Morgan fingerprint density at radius 2 is 1.70 bits per heavy atom. The summed E-state index contributed by atoms with van der Waals surface area (Å²) in [5.74, 6) is -0.521. The van der Waals surface area contributed by atoms with E-state index in [9.17, 15) is 14.4 Å². The fourth-order valence-corrected chi connectivity index (χ4v) is 3.35. The van der Waals surface area contributed by atoms with Crippen LogP contribution in [0.25, 0.3) is 0 Å². The van der Waals surface area contributed by atoms with Gasteiger partial charge in [0.1, 0.15) is 12.2 Å². The molecule has 0 atom stereocenters. The number of hydrogen-bond acceptors (Lipinski definition) is 3. The summed E-state index contributed by atoms with van der Waals surface area (Å²) in [6, 6.07) is 10.6. The molecule has 2 amide bonds. The molecule has 142 valence electrons. The standard InChI is InChI=1S/C21H25N3O3/c1-14-7-10-16(11-8-14)20(26)23-18-12-9-15(2)24(21(18)27)13-19(25)22-17-5-3-4-6-17/h7-12,17H,3-6,13H2,1-2H3,(H,22,25)(H,23,26). The van der Waals surface area contributed by atoms with Crippen LogP contribution in [0.3, 0.4) is 0 Å². The van der Waals surface area contributed by atoms with E-state index in [2.05, 4.69) is 10.6 Å². The van der Waals surface area contributed by atoms with Crippen LogP contribution in [-0.4, -0.2) is 22.4 Å². The first-order chi connectivity index (χ1) is 12.9. The molecule has 1 aliphatic carbocycles. The van der Waals surface area contributed by atoms with E-state index in [0.717, 1.165) is 31.2 Å². The Morgan fingerprint density at radius 3 is 2.37 bits per heavy atom. The molecule has 3 rings (SSSR count). The van der Waals surface area contributed by atoms with Gasteiger partial charge in [0, 0.05) is 17.3 Å². The number of aryl methyl sites for hydroxylation is 2. The quantitative estimate of drug-likeness (QED) is 0.853. The SMILES string of the molecule is Cc1ccc(C(=O)Nc2ccc(C)n(CC(=O)NC3CCCC3)c2=O)cc1. The van der Waals surface area contributed by atoms with E-state index >= 15 is 0 Å². The zero-order chi connectivity index (χ0) is 19.4. The molecule has 1 aromatic carbocycles. The number of hydrogen-bond donors (Lipinski definition) is 2. The molecule has 0 spiro atoms. The van der Waals surface area contributed by atoms with Gasteiger partial charge in [-0.15, -0.1) is 0 Å². The van der Waals surface area contributed by atoms with Gasteiger partial charge in [-0.2, -0.15) is 0 Å². The second-order valence-corrected chi connectivity index (χ2v) is 7.15. The molecule has 6 heteroatoms. The maximum absolute atomic E-state index is 12.8. The van der Waals surface area contributed by atoms with Crippen molar-refractivity contribution in [1.82, 2.24) is 9.88 Å². The number of carbonyl (C=O) groups excluding carboxylic acids is 2. The summed E-state index contributed by atoms with van der Waals surface area (Å²) in [6.07, 6.45) is 4.24. The van der Waals surface area contributed by atoms with Crippen LogP contribution in [-0.2, 0) is 11.3 Å². The van der Waals surface area contributed by atoms with Gasteiger partial charge in [0.25, 0.3) is 11.5 Å². The lowest BCUT2D eigenvalue weighted by Gasteiger charge is -2.15. The van der Waals surface area contributed by atoms with Crippen LogP contribution < -0.4 is 16.2 Å². The second kappa shape index (κ2) is 8.20. The van der Waals surface area contributed by atoms with Crippen molar-refractivity contribution in [1.29, 1.82) is 0 Å². The molecule has 1 aliphatic rings. The molecule has 0 aliphatic heterocycles. The lowest BCUT2D eigenvalue weighted by Crippen LogP contribution is -2.38. The highest BCUT2D eigenvalue weighted by Gasteiger charge is 2.18. The van der Waals surface area contributed by atoms with Crippen LogP contribution in [0.15, 0.2) is 41.2 Å². The first-order valence-corrected chi connectivity index (χ1v) is 9.32. The molecule has 2 aromatic rings. The molecular formula is C21H25N3O3. The van der Waals surface area contributed by atoms with Crippen molar-refractivity contribution in [3.63, 3.8) is 0 Å². The number of pyridine rings is 1. The zero-order valence-corrected chi connectivity index (χ0v) is 15.7. The summed E-state index contributed by atoms with van der Waals surface area (Å²) in [6.45, 7) is 3.67. The summed E-state index contributed by atoms with van der Waals surface area (Å²) >= 11 is 0. The number of amides is 2. The predicted octanol–water partition coefficient (Wildman–Crippen LogP) is 2.78. The number of carbonyl (C=O) groups is 2. The Balaban J connectivity index is 1.74. The van der Waals surface area contributed by atoms with Crippen molar-refractivity contribution in [3.05, 3.63) is 63.6 Å². The minimum Gasteiger partial charge on any atom is -0.352 e. The van der Waals surface area contributed by atoms with Gasteiger partial charge in [0.15, 0.2) is 0 Å². The minimum absolute atomic E-state index is 0.0462. The van der Waals surface area contributed by atoms with E-state index in [4.69, 9.17) is 0 Å². The summed E-state index contributed by atoms with van der Waals surface area (Å²) in [5.41, 5.74) is 2.00. The Morgan fingerprint density at radius 1 is 1.04 bits per heavy atom. The Kier molecular flexibility index (Phi) is 5.74. The summed E-state index contributed by atoms with van der Waals surface area (Å²) in [5, 5.41) is 5.64. The van der Waals surface area contributed by atoms with Crippen molar-refractivity contribution in [2.24, 2.45) is 0 Å². The van der Waals surface area contributed by atoms with E-state index < -0.39 is 0 Å². The predicted molar refractivity (Wildman–Crippen MR) is 105 cm³/mol.